The van der Waals surface area contributed by atoms with Gasteiger partial charge in [0.1, 0.15) is 6.04 Å². The van der Waals surface area contributed by atoms with Gasteiger partial charge in [0.05, 0.1) is 6.61 Å². The minimum absolute atomic E-state index is 0.594. The lowest BCUT2D eigenvalue weighted by Crippen LogP contribution is -2.26. The number of aliphatic carboxylic acids is 1. The maximum absolute atomic E-state index is 10.7. The van der Waals surface area contributed by atoms with Crippen LogP contribution in [-0.4, -0.2) is 30.8 Å². The molecule has 4 nitrogen and oxygen atoms in total. The van der Waals surface area contributed by atoms with Gasteiger partial charge in [0.15, 0.2) is 0 Å². The first-order valence-corrected chi connectivity index (χ1v) is 5.21. The molecule has 2 N–H and O–H groups in total. The van der Waals surface area contributed by atoms with Gasteiger partial charge in [-0.25, -0.2) is 0 Å². The standard InChI is InChI=1S/C12H17NO3/c1-9(12(14)15)13-11-6-4-3-5-10(11)7-8-16-2/h3-6,9,13H,7-8H2,1-2H3,(H,14,15). The van der Waals surface area contributed by atoms with Crippen LogP contribution in [0.15, 0.2) is 24.3 Å². The summed E-state index contributed by atoms with van der Waals surface area (Å²) in [7, 11) is 1.65. The van der Waals surface area contributed by atoms with E-state index in [0.717, 1.165) is 17.7 Å². The molecule has 1 aromatic rings. The van der Waals surface area contributed by atoms with E-state index < -0.39 is 12.0 Å². The number of anilines is 1. The normalized spacial score (nSPS) is 12.1. The number of benzene rings is 1. The first-order valence-electron chi connectivity index (χ1n) is 5.21. The number of methoxy groups -OCH3 is 1. The van der Waals surface area contributed by atoms with Crippen molar-refractivity contribution < 1.29 is 14.6 Å². The predicted octanol–water partition coefficient (Wildman–Crippen LogP) is 1.76. The Hall–Kier alpha value is -1.55. The Morgan fingerprint density at radius 1 is 1.50 bits per heavy atom. The molecule has 0 aliphatic heterocycles. The van der Waals surface area contributed by atoms with Crippen molar-refractivity contribution in [2.45, 2.75) is 19.4 Å². The van der Waals surface area contributed by atoms with Crippen LogP contribution in [0.4, 0.5) is 5.69 Å². The Labute approximate surface area is 95.2 Å². The third kappa shape index (κ3) is 3.55. The van der Waals surface area contributed by atoms with Crippen molar-refractivity contribution in [2.75, 3.05) is 19.0 Å². The molecule has 0 bridgehead atoms. The number of carbonyl (C=O) groups is 1. The van der Waals surface area contributed by atoms with Crippen LogP contribution in [0.2, 0.25) is 0 Å². The first-order chi connectivity index (χ1) is 7.65. The number of ether oxygens (including phenoxy) is 1. The van der Waals surface area contributed by atoms with Crippen molar-refractivity contribution in [1.82, 2.24) is 0 Å². The number of carboxylic acid groups (broad SMARTS) is 1. The maximum Gasteiger partial charge on any atom is 0.325 e. The van der Waals surface area contributed by atoms with E-state index in [4.69, 9.17) is 9.84 Å². The summed E-state index contributed by atoms with van der Waals surface area (Å²) in [5.41, 5.74) is 1.92. The minimum Gasteiger partial charge on any atom is -0.480 e. The lowest BCUT2D eigenvalue weighted by atomic mass is 10.1. The quantitative estimate of drug-likeness (QED) is 0.771. The summed E-state index contributed by atoms with van der Waals surface area (Å²) >= 11 is 0. The third-order valence-corrected chi connectivity index (χ3v) is 2.34. The second kappa shape index (κ2) is 6.12. The molecule has 0 aliphatic rings. The SMILES string of the molecule is COCCc1ccccc1NC(C)C(=O)O. The molecule has 1 aromatic carbocycles. The van der Waals surface area contributed by atoms with Gasteiger partial charge in [-0.3, -0.25) is 4.79 Å². The van der Waals surface area contributed by atoms with Gasteiger partial charge < -0.3 is 15.2 Å². The van der Waals surface area contributed by atoms with Gasteiger partial charge >= 0.3 is 5.97 Å². The summed E-state index contributed by atoms with van der Waals surface area (Å²) in [6, 6.07) is 7.07. The molecule has 1 rings (SSSR count). The summed E-state index contributed by atoms with van der Waals surface area (Å²) in [6.07, 6.45) is 0.770. The summed E-state index contributed by atoms with van der Waals surface area (Å²) < 4.78 is 5.01. The van der Waals surface area contributed by atoms with Gasteiger partial charge in [0.2, 0.25) is 0 Å². The lowest BCUT2D eigenvalue weighted by molar-refractivity contribution is -0.137. The van der Waals surface area contributed by atoms with E-state index in [9.17, 15) is 4.79 Å². The Morgan fingerprint density at radius 2 is 2.19 bits per heavy atom. The molecule has 16 heavy (non-hydrogen) atoms. The average molecular weight is 223 g/mol. The fourth-order valence-corrected chi connectivity index (χ4v) is 1.39. The van der Waals surface area contributed by atoms with Gasteiger partial charge in [-0.1, -0.05) is 18.2 Å². The van der Waals surface area contributed by atoms with Crippen LogP contribution in [0.3, 0.4) is 0 Å². The Kier molecular flexibility index (Phi) is 4.79. The molecule has 0 fully saturated rings. The second-order valence-corrected chi connectivity index (χ2v) is 3.60. The van der Waals surface area contributed by atoms with Crippen LogP contribution in [-0.2, 0) is 16.0 Å². The highest BCUT2D eigenvalue weighted by Crippen LogP contribution is 2.16. The maximum atomic E-state index is 10.7. The summed E-state index contributed by atoms with van der Waals surface area (Å²) in [5.74, 6) is -0.860. The predicted molar refractivity (Wildman–Crippen MR) is 62.7 cm³/mol. The molecule has 1 unspecified atom stereocenters. The monoisotopic (exact) mass is 223 g/mol. The smallest absolute Gasteiger partial charge is 0.325 e. The van der Waals surface area contributed by atoms with Crippen molar-refractivity contribution >= 4 is 11.7 Å². The molecular weight excluding hydrogens is 206 g/mol. The molecule has 0 aromatic heterocycles. The first kappa shape index (κ1) is 12.5. The van der Waals surface area contributed by atoms with E-state index in [1.807, 2.05) is 24.3 Å². The molecule has 0 saturated heterocycles. The van der Waals surface area contributed by atoms with E-state index in [2.05, 4.69) is 5.32 Å². The largest absolute Gasteiger partial charge is 0.480 e. The van der Waals surface area contributed by atoms with E-state index in [-0.39, 0.29) is 0 Å². The second-order valence-electron chi connectivity index (χ2n) is 3.60. The van der Waals surface area contributed by atoms with Crippen molar-refractivity contribution in [3.8, 4) is 0 Å². The number of hydrogen-bond acceptors (Lipinski definition) is 3. The zero-order valence-corrected chi connectivity index (χ0v) is 9.56. The number of nitrogens with one attached hydrogen (secondary N) is 1. The molecule has 0 aliphatic carbocycles. The summed E-state index contributed by atoms with van der Waals surface area (Å²) in [4.78, 5) is 10.7. The lowest BCUT2D eigenvalue weighted by Gasteiger charge is -2.14. The van der Waals surface area contributed by atoms with Crippen LogP contribution < -0.4 is 5.32 Å². The van der Waals surface area contributed by atoms with Crippen molar-refractivity contribution in [1.29, 1.82) is 0 Å². The van der Waals surface area contributed by atoms with Crippen molar-refractivity contribution in [2.24, 2.45) is 0 Å². The van der Waals surface area contributed by atoms with Crippen LogP contribution >= 0.6 is 0 Å². The highest BCUT2D eigenvalue weighted by molar-refractivity contribution is 5.77. The van der Waals surface area contributed by atoms with Gasteiger partial charge in [-0.05, 0) is 25.0 Å². The Balaban J connectivity index is 2.74. The van der Waals surface area contributed by atoms with Crippen LogP contribution in [0, 0.1) is 0 Å². The van der Waals surface area contributed by atoms with Gasteiger partial charge in [0, 0.05) is 12.8 Å². The average Bonchev–Trinajstić information content (AvgIpc) is 2.27. The molecule has 0 radical (unpaired) electrons. The van der Waals surface area contributed by atoms with Crippen LogP contribution in [0.1, 0.15) is 12.5 Å². The van der Waals surface area contributed by atoms with Crippen molar-refractivity contribution in [3.63, 3.8) is 0 Å². The van der Waals surface area contributed by atoms with Gasteiger partial charge in [0.25, 0.3) is 0 Å². The summed E-state index contributed by atoms with van der Waals surface area (Å²) in [6.45, 7) is 2.25. The molecule has 0 saturated carbocycles. The Morgan fingerprint density at radius 3 is 2.81 bits per heavy atom. The number of hydrogen-bond donors (Lipinski definition) is 2. The summed E-state index contributed by atoms with van der Waals surface area (Å²) in [5, 5.41) is 11.8. The fourth-order valence-electron chi connectivity index (χ4n) is 1.39. The molecule has 1 atom stereocenters. The van der Waals surface area contributed by atoms with E-state index >= 15 is 0 Å². The molecule has 0 spiro atoms. The molecule has 4 heteroatoms. The van der Waals surface area contributed by atoms with Gasteiger partial charge in [-0.15, -0.1) is 0 Å². The molecule has 88 valence electrons. The molecular formula is C12H17NO3. The zero-order valence-electron chi connectivity index (χ0n) is 9.56. The van der Waals surface area contributed by atoms with Crippen LogP contribution in [0.5, 0.6) is 0 Å². The van der Waals surface area contributed by atoms with E-state index in [0.29, 0.717) is 6.61 Å². The number of rotatable bonds is 6. The van der Waals surface area contributed by atoms with Crippen molar-refractivity contribution in [3.05, 3.63) is 29.8 Å². The number of carboxylic acids is 1. The number of para-hydroxylation sites is 1. The fraction of sp³-hybridized carbons (Fsp3) is 0.417. The molecule has 0 heterocycles. The van der Waals surface area contributed by atoms with Crippen LogP contribution in [0.25, 0.3) is 0 Å². The topological polar surface area (TPSA) is 58.6 Å². The minimum atomic E-state index is -0.860. The van der Waals surface area contributed by atoms with Gasteiger partial charge in [-0.2, -0.15) is 0 Å². The third-order valence-electron chi connectivity index (χ3n) is 2.34. The highest BCUT2D eigenvalue weighted by atomic mass is 16.5. The molecule has 0 amide bonds. The van der Waals surface area contributed by atoms with E-state index in [1.165, 1.54) is 0 Å². The Bertz CT molecular complexity index is 352. The zero-order chi connectivity index (χ0) is 12.0. The highest BCUT2D eigenvalue weighted by Gasteiger charge is 2.11. The van der Waals surface area contributed by atoms with E-state index in [1.54, 1.807) is 14.0 Å².